The number of anilines is 1. The van der Waals surface area contributed by atoms with Crippen molar-refractivity contribution in [2.45, 2.75) is 59.2 Å². The number of halogens is 1. The Morgan fingerprint density at radius 3 is 2.24 bits per heavy atom. The van der Waals surface area contributed by atoms with Crippen LogP contribution in [0.5, 0.6) is 0 Å². The third-order valence-electron chi connectivity index (χ3n) is 5.62. The predicted octanol–water partition coefficient (Wildman–Crippen LogP) is 4.14. The van der Waals surface area contributed by atoms with Crippen LogP contribution < -0.4 is 9.62 Å². The molecule has 0 aliphatic carbocycles. The van der Waals surface area contributed by atoms with Crippen LogP contribution in [0.3, 0.4) is 0 Å². The van der Waals surface area contributed by atoms with Gasteiger partial charge in [0.25, 0.3) is 0 Å². The molecule has 0 fully saturated rings. The number of hydrogen-bond acceptors (Lipinski definition) is 4. The Morgan fingerprint density at radius 1 is 1.06 bits per heavy atom. The predicted molar refractivity (Wildman–Crippen MR) is 137 cm³/mol. The van der Waals surface area contributed by atoms with Crippen molar-refractivity contribution in [3.8, 4) is 0 Å². The summed E-state index contributed by atoms with van der Waals surface area (Å²) in [6.45, 7) is 7.28. The lowest BCUT2D eigenvalue weighted by atomic mass is 10.1. The third-order valence-corrected chi connectivity index (χ3v) is 7.01. The molecular formula is C25H34ClN3O4S. The molecule has 1 N–H and O–H groups in total. The Balaban J connectivity index is 2.43. The highest BCUT2D eigenvalue weighted by Crippen LogP contribution is 2.21. The van der Waals surface area contributed by atoms with E-state index in [1.54, 1.807) is 42.5 Å². The highest BCUT2D eigenvalue weighted by atomic mass is 35.5. The lowest BCUT2D eigenvalue weighted by molar-refractivity contribution is -0.140. The number of amides is 2. The van der Waals surface area contributed by atoms with E-state index in [9.17, 15) is 18.0 Å². The molecule has 2 aromatic carbocycles. The summed E-state index contributed by atoms with van der Waals surface area (Å²) in [5.41, 5.74) is 2.06. The van der Waals surface area contributed by atoms with Crippen LogP contribution in [0, 0.1) is 6.92 Å². The van der Waals surface area contributed by atoms with E-state index in [4.69, 9.17) is 11.6 Å². The van der Waals surface area contributed by atoms with E-state index in [2.05, 4.69) is 5.32 Å². The van der Waals surface area contributed by atoms with Crippen molar-refractivity contribution >= 4 is 39.1 Å². The summed E-state index contributed by atoms with van der Waals surface area (Å²) in [6.07, 6.45) is 2.20. The number of carbonyl (C=O) groups is 2. The van der Waals surface area contributed by atoms with Gasteiger partial charge in [-0.25, -0.2) is 8.42 Å². The SMILES string of the molecule is CC[C@H](C(=O)N[C@@H](C)CC)N(Cc1ccc(Cl)cc1)C(=O)CN(c1cccc(C)c1)S(C)(=O)=O. The van der Waals surface area contributed by atoms with Crippen molar-refractivity contribution < 1.29 is 18.0 Å². The third kappa shape index (κ3) is 7.74. The molecule has 0 unspecified atom stereocenters. The summed E-state index contributed by atoms with van der Waals surface area (Å²) in [5.74, 6) is -0.728. The van der Waals surface area contributed by atoms with Crippen molar-refractivity contribution in [2.24, 2.45) is 0 Å². The fraction of sp³-hybridized carbons (Fsp3) is 0.440. The summed E-state index contributed by atoms with van der Waals surface area (Å²) in [7, 11) is -3.75. The smallest absolute Gasteiger partial charge is 0.244 e. The van der Waals surface area contributed by atoms with E-state index >= 15 is 0 Å². The van der Waals surface area contributed by atoms with E-state index in [0.717, 1.165) is 28.1 Å². The van der Waals surface area contributed by atoms with Gasteiger partial charge in [-0.15, -0.1) is 0 Å². The lowest BCUT2D eigenvalue weighted by Gasteiger charge is -2.33. The fourth-order valence-corrected chi connectivity index (χ4v) is 4.51. The topological polar surface area (TPSA) is 86.8 Å². The maximum atomic E-state index is 13.6. The average Bonchev–Trinajstić information content (AvgIpc) is 2.77. The van der Waals surface area contributed by atoms with Gasteiger partial charge in [0.2, 0.25) is 21.8 Å². The maximum absolute atomic E-state index is 13.6. The van der Waals surface area contributed by atoms with Crippen molar-refractivity contribution in [1.29, 1.82) is 0 Å². The van der Waals surface area contributed by atoms with Gasteiger partial charge in [-0.1, -0.05) is 49.7 Å². The maximum Gasteiger partial charge on any atom is 0.244 e. The van der Waals surface area contributed by atoms with Crippen LogP contribution >= 0.6 is 11.6 Å². The average molecular weight is 508 g/mol. The molecule has 2 atom stereocenters. The van der Waals surface area contributed by atoms with Crippen LogP contribution in [0.1, 0.15) is 44.7 Å². The molecule has 0 heterocycles. The first-order valence-corrected chi connectivity index (χ1v) is 13.6. The zero-order valence-corrected chi connectivity index (χ0v) is 22.0. The second kappa shape index (κ2) is 12.2. The lowest BCUT2D eigenvalue weighted by Crippen LogP contribution is -2.53. The molecule has 0 aliphatic rings. The van der Waals surface area contributed by atoms with Gasteiger partial charge in [0, 0.05) is 17.6 Å². The molecule has 34 heavy (non-hydrogen) atoms. The van der Waals surface area contributed by atoms with Gasteiger partial charge < -0.3 is 10.2 Å². The van der Waals surface area contributed by atoms with Crippen molar-refractivity contribution in [2.75, 3.05) is 17.1 Å². The highest BCUT2D eigenvalue weighted by molar-refractivity contribution is 7.92. The van der Waals surface area contributed by atoms with E-state index in [1.807, 2.05) is 33.8 Å². The van der Waals surface area contributed by atoms with Crippen LogP contribution in [0.25, 0.3) is 0 Å². The minimum Gasteiger partial charge on any atom is -0.352 e. The van der Waals surface area contributed by atoms with Gasteiger partial charge in [0.1, 0.15) is 12.6 Å². The minimum absolute atomic E-state index is 0.0474. The standard InChI is InChI=1S/C25H34ClN3O4S/c1-6-19(4)27-25(31)23(7-2)28(16-20-11-13-21(26)14-12-20)24(30)17-29(34(5,32)33)22-10-8-9-18(3)15-22/h8-15,19,23H,6-7,16-17H2,1-5H3,(H,27,31)/t19-,23+/m0/s1. The number of rotatable bonds is 11. The number of nitrogens with zero attached hydrogens (tertiary/aromatic N) is 2. The number of aryl methyl sites for hydroxylation is 1. The molecule has 186 valence electrons. The zero-order chi connectivity index (χ0) is 25.5. The van der Waals surface area contributed by atoms with E-state index < -0.39 is 28.5 Å². The molecular weight excluding hydrogens is 474 g/mol. The molecule has 2 aromatic rings. The zero-order valence-electron chi connectivity index (χ0n) is 20.4. The van der Waals surface area contributed by atoms with E-state index in [-0.39, 0.29) is 18.5 Å². The van der Waals surface area contributed by atoms with Crippen LogP contribution in [-0.2, 0) is 26.2 Å². The number of benzene rings is 2. The second-order valence-electron chi connectivity index (χ2n) is 8.50. The highest BCUT2D eigenvalue weighted by Gasteiger charge is 2.32. The number of sulfonamides is 1. The fourth-order valence-electron chi connectivity index (χ4n) is 3.54. The van der Waals surface area contributed by atoms with Gasteiger partial charge in [-0.3, -0.25) is 13.9 Å². The number of hydrogen-bond donors (Lipinski definition) is 1. The van der Waals surface area contributed by atoms with Gasteiger partial charge in [0.15, 0.2) is 0 Å². The number of nitrogens with one attached hydrogen (secondary N) is 1. The largest absolute Gasteiger partial charge is 0.352 e. The molecule has 0 spiro atoms. The molecule has 0 bridgehead atoms. The Hall–Kier alpha value is -2.58. The molecule has 0 radical (unpaired) electrons. The second-order valence-corrected chi connectivity index (χ2v) is 10.8. The van der Waals surface area contributed by atoms with E-state index in [1.165, 1.54) is 4.90 Å². The minimum atomic E-state index is -3.75. The molecule has 2 rings (SSSR count). The summed E-state index contributed by atoms with van der Waals surface area (Å²) >= 11 is 6.01. The van der Waals surface area contributed by atoms with Crippen LogP contribution in [0.15, 0.2) is 48.5 Å². The normalized spacial score (nSPS) is 13.1. The van der Waals surface area contributed by atoms with Crippen LogP contribution in [0.2, 0.25) is 5.02 Å². The Morgan fingerprint density at radius 2 is 1.71 bits per heavy atom. The Bertz CT molecular complexity index is 1090. The van der Waals surface area contributed by atoms with Gasteiger partial charge in [-0.2, -0.15) is 0 Å². The first kappa shape index (κ1) is 27.7. The molecule has 9 heteroatoms. The molecule has 0 aliphatic heterocycles. The van der Waals surface area contributed by atoms with Crippen molar-refractivity contribution in [1.82, 2.24) is 10.2 Å². The summed E-state index contributed by atoms with van der Waals surface area (Å²) < 4.78 is 26.3. The Labute approximate surface area is 208 Å². The summed E-state index contributed by atoms with van der Waals surface area (Å²) in [5, 5.41) is 3.51. The van der Waals surface area contributed by atoms with Crippen LogP contribution in [-0.4, -0.2) is 50.0 Å². The van der Waals surface area contributed by atoms with E-state index in [0.29, 0.717) is 17.1 Å². The molecule has 7 nitrogen and oxygen atoms in total. The summed E-state index contributed by atoms with van der Waals surface area (Å²) in [6, 6.07) is 13.2. The number of carbonyl (C=O) groups excluding carboxylic acids is 2. The molecule has 2 amide bonds. The Kier molecular flexibility index (Phi) is 9.94. The quantitative estimate of drug-likeness (QED) is 0.495. The summed E-state index contributed by atoms with van der Waals surface area (Å²) in [4.78, 5) is 28.1. The molecule has 0 saturated heterocycles. The van der Waals surface area contributed by atoms with Gasteiger partial charge in [0.05, 0.1) is 11.9 Å². The van der Waals surface area contributed by atoms with Crippen molar-refractivity contribution in [3.63, 3.8) is 0 Å². The van der Waals surface area contributed by atoms with Gasteiger partial charge >= 0.3 is 0 Å². The first-order chi connectivity index (χ1) is 16.0. The first-order valence-electron chi connectivity index (χ1n) is 11.3. The monoisotopic (exact) mass is 507 g/mol. The van der Waals surface area contributed by atoms with Crippen LogP contribution in [0.4, 0.5) is 5.69 Å². The molecule has 0 saturated carbocycles. The van der Waals surface area contributed by atoms with Gasteiger partial charge in [-0.05, 0) is 62.1 Å². The van der Waals surface area contributed by atoms with Crippen molar-refractivity contribution in [3.05, 3.63) is 64.7 Å². The molecule has 0 aromatic heterocycles.